The lowest BCUT2D eigenvalue weighted by Gasteiger charge is -2.12. The molecular formula is C17H16ClF3N2S2. The summed E-state index contributed by atoms with van der Waals surface area (Å²) >= 11 is 12.8. The van der Waals surface area contributed by atoms with Gasteiger partial charge in [0.2, 0.25) is 0 Å². The minimum atomic E-state index is -4.34. The van der Waals surface area contributed by atoms with Crippen LogP contribution in [0, 0.1) is 0 Å². The lowest BCUT2D eigenvalue weighted by molar-refractivity contribution is -0.137. The summed E-state index contributed by atoms with van der Waals surface area (Å²) in [6.45, 7) is 0.650. The Labute approximate surface area is 159 Å². The number of rotatable bonds is 6. The molecule has 134 valence electrons. The van der Waals surface area contributed by atoms with Gasteiger partial charge in [-0.2, -0.15) is 24.9 Å². The van der Waals surface area contributed by atoms with Gasteiger partial charge in [0.1, 0.15) is 0 Å². The predicted octanol–water partition coefficient (Wildman–Crippen LogP) is 5.58. The van der Waals surface area contributed by atoms with Crippen LogP contribution in [0.4, 0.5) is 18.9 Å². The van der Waals surface area contributed by atoms with Crippen molar-refractivity contribution in [2.45, 2.75) is 11.9 Å². The fraction of sp³-hybridized carbons (Fsp3) is 0.235. The van der Waals surface area contributed by atoms with E-state index >= 15 is 0 Å². The Morgan fingerprint density at radius 1 is 1.12 bits per heavy atom. The zero-order chi connectivity index (χ0) is 18.3. The fourth-order valence-electron chi connectivity index (χ4n) is 1.97. The van der Waals surface area contributed by atoms with Gasteiger partial charge in [-0.3, -0.25) is 0 Å². The molecule has 0 bridgehead atoms. The van der Waals surface area contributed by atoms with Gasteiger partial charge in [0.25, 0.3) is 0 Å². The average Bonchev–Trinajstić information content (AvgIpc) is 2.54. The minimum absolute atomic E-state index is 0.378. The Kier molecular flexibility index (Phi) is 7.40. The first-order chi connectivity index (χ1) is 11.8. The van der Waals surface area contributed by atoms with Gasteiger partial charge in [0.05, 0.1) is 5.56 Å². The van der Waals surface area contributed by atoms with Crippen LogP contribution in [-0.4, -0.2) is 17.4 Å². The highest BCUT2D eigenvalue weighted by Crippen LogP contribution is 2.29. The summed E-state index contributed by atoms with van der Waals surface area (Å²) in [7, 11) is 0. The highest BCUT2D eigenvalue weighted by Gasteiger charge is 2.29. The topological polar surface area (TPSA) is 24.1 Å². The van der Waals surface area contributed by atoms with Crippen LogP contribution in [0.15, 0.2) is 48.5 Å². The molecule has 8 heteroatoms. The number of thiocarbonyl (C=S) groups is 1. The molecular weight excluding hydrogens is 389 g/mol. The molecule has 0 aliphatic rings. The molecule has 0 aliphatic heterocycles. The lowest BCUT2D eigenvalue weighted by atomic mass is 10.2. The van der Waals surface area contributed by atoms with E-state index in [-0.39, 0.29) is 0 Å². The summed E-state index contributed by atoms with van der Waals surface area (Å²) in [4.78, 5) is 0. The third kappa shape index (κ3) is 7.13. The summed E-state index contributed by atoms with van der Waals surface area (Å²) in [5.41, 5.74) is 0.981. The Morgan fingerprint density at radius 2 is 1.84 bits per heavy atom. The normalized spacial score (nSPS) is 11.2. The van der Waals surface area contributed by atoms with E-state index in [1.807, 2.05) is 24.3 Å². The molecule has 0 saturated carbocycles. The van der Waals surface area contributed by atoms with Crippen molar-refractivity contribution in [1.29, 1.82) is 0 Å². The van der Waals surface area contributed by atoms with Gasteiger partial charge in [-0.15, -0.1) is 0 Å². The first-order valence-corrected chi connectivity index (χ1v) is 9.33. The van der Waals surface area contributed by atoms with E-state index in [0.29, 0.717) is 17.3 Å². The van der Waals surface area contributed by atoms with Crippen molar-refractivity contribution in [2.75, 3.05) is 17.6 Å². The van der Waals surface area contributed by atoms with E-state index in [4.69, 9.17) is 23.8 Å². The molecule has 0 saturated heterocycles. The maximum Gasteiger partial charge on any atom is 0.416 e. The molecule has 2 N–H and O–H groups in total. The van der Waals surface area contributed by atoms with Crippen LogP contribution in [0.5, 0.6) is 0 Å². The smallest absolute Gasteiger partial charge is 0.362 e. The molecule has 0 aromatic heterocycles. The van der Waals surface area contributed by atoms with E-state index < -0.39 is 11.7 Å². The van der Waals surface area contributed by atoms with Gasteiger partial charge in [0.15, 0.2) is 5.11 Å². The molecule has 2 rings (SSSR count). The third-order valence-electron chi connectivity index (χ3n) is 3.16. The zero-order valence-electron chi connectivity index (χ0n) is 13.1. The lowest BCUT2D eigenvalue weighted by Crippen LogP contribution is -2.30. The standard InChI is InChI=1S/C17H16ClF3N2S2/c18-14-3-1-2-12(10-14)11-25-9-8-22-16(24)23-15-6-4-13(5-7-15)17(19,20)21/h1-7,10H,8-9,11H2,(H2,22,23,24). The van der Waals surface area contributed by atoms with Crippen molar-refractivity contribution < 1.29 is 13.2 Å². The number of benzene rings is 2. The average molecular weight is 405 g/mol. The van der Waals surface area contributed by atoms with Crippen molar-refractivity contribution >= 4 is 46.4 Å². The van der Waals surface area contributed by atoms with E-state index in [0.717, 1.165) is 34.2 Å². The van der Waals surface area contributed by atoms with Gasteiger partial charge < -0.3 is 10.6 Å². The summed E-state index contributed by atoms with van der Waals surface area (Å²) < 4.78 is 37.5. The van der Waals surface area contributed by atoms with E-state index in [1.54, 1.807) is 11.8 Å². The van der Waals surface area contributed by atoms with Crippen LogP contribution < -0.4 is 10.6 Å². The fourth-order valence-corrected chi connectivity index (χ4v) is 3.21. The third-order valence-corrected chi connectivity index (χ3v) is 4.67. The molecule has 0 amide bonds. The molecule has 0 radical (unpaired) electrons. The maximum absolute atomic E-state index is 12.5. The number of halogens is 4. The summed E-state index contributed by atoms with van der Waals surface area (Å²) in [6.07, 6.45) is -4.34. The Morgan fingerprint density at radius 3 is 2.48 bits per heavy atom. The Hall–Kier alpha value is -1.44. The number of hydrogen-bond acceptors (Lipinski definition) is 2. The predicted molar refractivity (Wildman–Crippen MR) is 103 cm³/mol. The summed E-state index contributed by atoms with van der Waals surface area (Å²) in [5.74, 6) is 1.68. The largest absolute Gasteiger partial charge is 0.416 e. The molecule has 2 aromatic carbocycles. The van der Waals surface area contributed by atoms with Crippen LogP contribution in [0.2, 0.25) is 5.02 Å². The number of nitrogens with one attached hydrogen (secondary N) is 2. The van der Waals surface area contributed by atoms with Crippen molar-refractivity contribution in [3.05, 3.63) is 64.7 Å². The Balaban J connectivity index is 1.67. The summed E-state index contributed by atoms with van der Waals surface area (Å²) in [6, 6.07) is 12.4. The first kappa shape index (κ1) is 19.9. The van der Waals surface area contributed by atoms with E-state index in [2.05, 4.69) is 10.6 Å². The van der Waals surface area contributed by atoms with Gasteiger partial charge in [-0.25, -0.2) is 0 Å². The molecule has 0 fully saturated rings. The van der Waals surface area contributed by atoms with Crippen molar-refractivity contribution in [3.63, 3.8) is 0 Å². The van der Waals surface area contributed by atoms with Crippen molar-refractivity contribution in [1.82, 2.24) is 5.32 Å². The second kappa shape index (κ2) is 9.31. The highest BCUT2D eigenvalue weighted by atomic mass is 35.5. The van der Waals surface area contributed by atoms with Crippen molar-refractivity contribution in [3.8, 4) is 0 Å². The molecule has 25 heavy (non-hydrogen) atoms. The second-order valence-corrected chi connectivity index (χ2v) is 7.09. The molecule has 0 aliphatic carbocycles. The van der Waals surface area contributed by atoms with E-state index in [9.17, 15) is 13.2 Å². The van der Waals surface area contributed by atoms with Crippen molar-refractivity contribution in [2.24, 2.45) is 0 Å². The van der Waals surface area contributed by atoms with Crippen LogP contribution in [0.25, 0.3) is 0 Å². The number of hydrogen-bond donors (Lipinski definition) is 2. The maximum atomic E-state index is 12.5. The van der Waals surface area contributed by atoms with Gasteiger partial charge in [-0.1, -0.05) is 23.7 Å². The van der Waals surface area contributed by atoms with E-state index in [1.165, 1.54) is 12.1 Å². The molecule has 2 nitrogen and oxygen atoms in total. The first-order valence-electron chi connectivity index (χ1n) is 7.39. The monoisotopic (exact) mass is 404 g/mol. The van der Waals surface area contributed by atoms with Gasteiger partial charge in [0, 0.05) is 28.8 Å². The van der Waals surface area contributed by atoms with Gasteiger partial charge >= 0.3 is 6.18 Å². The molecule has 2 aromatic rings. The SMILES string of the molecule is FC(F)(F)c1ccc(NC(=S)NCCSCc2cccc(Cl)c2)cc1. The van der Waals surface area contributed by atoms with Gasteiger partial charge in [-0.05, 0) is 54.2 Å². The zero-order valence-corrected chi connectivity index (χ0v) is 15.5. The van der Waals surface area contributed by atoms with Crippen LogP contribution in [0.1, 0.15) is 11.1 Å². The molecule has 0 spiro atoms. The van der Waals surface area contributed by atoms with Crippen LogP contribution in [-0.2, 0) is 11.9 Å². The molecule has 0 heterocycles. The quantitative estimate of drug-likeness (QED) is 0.485. The highest BCUT2D eigenvalue weighted by molar-refractivity contribution is 7.98. The molecule has 0 unspecified atom stereocenters. The number of alkyl halides is 3. The number of anilines is 1. The Bertz CT molecular complexity index is 706. The summed E-state index contributed by atoms with van der Waals surface area (Å²) in [5, 5.41) is 6.99. The van der Waals surface area contributed by atoms with Crippen LogP contribution >= 0.6 is 35.6 Å². The van der Waals surface area contributed by atoms with Crippen LogP contribution in [0.3, 0.4) is 0 Å². The number of thioether (sulfide) groups is 1. The minimum Gasteiger partial charge on any atom is -0.362 e. The molecule has 0 atom stereocenters. The second-order valence-electron chi connectivity index (χ2n) is 5.14.